The van der Waals surface area contributed by atoms with E-state index in [4.69, 9.17) is 11.6 Å². The van der Waals surface area contributed by atoms with Crippen LogP contribution < -0.4 is 5.32 Å². The van der Waals surface area contributed by atoms with E-state index in [0.717, 1.165) is 11.4 Å². The molecule has 1 aromatic carbocycles. The first-order valence-electron chi connectivity index (χ1n) is 6.76. The molecule has 1 N–H and O–H groups in total. The van der Waals surface area contributed by atoms with Gasteiger partial charge in [0.1, 0.15) is 0 Å². The third-order valence-corrected chi connectivity index (χ3v) is 4.62. The van der Waals surface area contributed by atoms with E-state index in [9.17, 15) is 0 Å². The van der Waals surface area contributed by atoms with E-state index in [1.54, 1.807) is 0 Å². The average Bonchev–Trinajstić information content (AvgIpc) is 2.92. The van der Waals surface area contributed by atoms with Crippen molar-refractivity contribution in [1.82, 2.24) is 5.32 Å². The predicted molar refractivity (Wildman–Crippen MR) is 85.0 cm³/mol. The highest BCUT2D eigenvalue weighted by Crippen LogP contribution is 2.29. The molecule has 0 radical (unpaired) electrons. The van der Waals surface area contributed by atoms with E-state index in [2.05, 4.69) is 42.7 Å². The lowest BCUT2D eigenvalue weighted by Gasteiger charge is -2.23. The quantitative estimate of drug-likeness (QED) is 0.731. The zero-order chi connectivity index (χ0) is 13.7. The Morgan fingerprint density at radius 3 is 2.63 bits per heavy atom. The molecule has 0 saturated heterocycles. The van der Waals surface area contributed by atoms with Gasteiger partial charge in [0.15, 0.2) is 0 Å². The Kier molecular flexibility index (Phi) is 5.44. The number of hydrogen-bond donors (Lipinski definition) is 1. The van der Waals surface area contributed by atoms with Crippen LogP contribution in [0.25, 0.3) is 0 Å². The molecule has 1 aromatic heterocycles. The van der Waals surface area contributed by atoms with Crippen molar-refractivity contribution in [3.8, 4) is 0 Å². The number of hydrogen-bond acceptors (Lipinski definition) is 2. The Bertz CT molecular complexity index is 495. The minimum Gasteiger partial charge on any atom is -0.303 e. The smallest absolute Gasteiger partial charge is 0.0453 e. The first-order chi connectivity index (χ1) is 9.22. The number of rotatable bonds is 6. The van der Waals surface area contributed by atoms with Crippen LogP contribution in [0.15, 0.2) is 41.8 Å². The monoisotopic (exact) mass is 293 g/mol. The first-order valence-corrected chi connectivity index (χ1v) is 8.02. The predicted octanol–water partition coefficient (Wildman–Crippen LogP) is 5.59. The Hall–Kier alpha value is -0.830. The zero-order valence-electron chi connectivity index (χ0n) is 11.4. The Labute approximate surface area is 124 Å². The van der Waals surface area contributed by atoms with E-state index in [-0.39, 0.29) is 6.04 Å². The van der Waals surface area contributed by atoms with Crippen molar-refractivity contribution in [2.24, 2.45) is 0 Å². The molecule has 0 aliphatic rings. The van der Waals surface area contributed by atoms with Gasteiger partial charge < -0.3 is 5.32 Å². The zero-order valence-corrected chi connectivity index (χ0v) is 13.0. The van der Waals surface area contributed by atoms with Crippen LogP contribution in [0.1, 0.15) is 49.2 Å². The molecule has 2 rings (SSSR count). The summed E-state index contributed by atoms with van der Waals surface area (Å²) in [6.45, 7) is 4.40. The summed E-state index contributed by atoms with van der Waals surface area (Å²) in [6, 6.07) is 13.1. The summed E-state index contributed by atoms with van der Waals surface area (Å²) in [5.74, 6) is 0. The molecule has 0 fully saturated rings. The molecule has 0 aliphatic heterocycles. The van der Waals surface area contributed by atoms with Gasteiger partial charge in [0.25, 0.3) is 0 Å². The van der Waals surface area contributed by atoms with E-state index >= 15 is 0 Å². The maximum Gasteiger partial charge on any atom is 0.0453 e. The van der Waals surface area contributed by atoms with Gasteiger partial charge in [-0.15, -0.1) is 11.3 Å². The van der Waals surface area contributed by atoms with Crippen LogP contribution in [0, 0.1) is 0 Å². The molecule has 102 valence electrons. The summed E-state index contributed by atoms with van der Waals surface area (Å²) < 4.78 is 0. The van der Waals surface area contributed by atoms with Crippen LogP contribution in [0.3, 0.4) is 0 Å². The summed E-state index contributed by atoms with van der Waals surface area (Å²) >= 11 is 8.08. The maximum absolute atomic E-state index is 6.27. The fourth-order valence-corrected chi connectivity index (χ4v) is 3.42. The van der Waals surface area contributed by atoms with Gasteiger partial charge in [-0.25, -0.2) is 0 Å². The third kappa shape index (κ3) is 3.82. The van der Waals surface area contributed by atoms with Gasteiger partial charge >= 0.3 is 0 Å². The summed E-state index contributed by atoms with van der Waals surface area (Å²) in [6.07, 6.45) is 2.32. The van der Waals surface area contributed by atoms with E-state index < -0.39 is 0 Å². The van der Waals surface area contributed by atoms with Crippen LogP contribution in [0.5, 0.6) is 0 Å². The standard InChI is InChI=1S/C16H20ClNS/c1-3-7-15(16-10-6-11-19-16)18-12(2)13-8-4-5-9-14(13)17/h4-6,8-12,15,18H,3,7H2,1-2H3. The highest BCUT2D eigenvalue weighted by molar-refractivity contribution is 7.10. The van der Waals surface area contributed by atoms with Gasteiger partial charge in [-0.2, -0.15) is 0 Å². The lowest BCUT2D eigenvalue weighted by atomic mass is 10.0. The number of halogens is 1. The normalized spacial score (nSPS) is 14.3. The molecule has 0 amide bonds. The minimum absolute atomic E-state index is 0.257. The number of thiophene rings is 1. The molecule has 1 nitrogen and oxygen atoms in total. The van der Waals surface area contributed by atoms with Gasteiger partial charge in [-0.05, 0) is 36.4 Å². The summed E-state index contributed by atoms with van der Waals surface area (Å²) in [5, 5.41) is 6.68. The van der Waals surface area contributed by atoms with Crippen molar-refractivity contribution < 1.29 is 0 Å². The van der Waals surface area contributed by atoms with Crippen molar-refractivity contribution >= 4 is 22.9 Å². The second kappa shape index (κ2) is 7.09. The number of benzene rings is 1. The van der Waals surface area contributed by atoms with Gasteiger partial charge in [0, 0.05) is 22.0 Å². The molecule has 19 heavy (non-hydrogen) atoms. The fraction of sp³-hybridized carbons (Fsp3) is 0.375. The van der Waals surface area contributed by atoms with Crippen LogP contribution in [-0.4, -0.2) is 0 Å². The second-order valence-corrected chi connectivity index (χ2v) is 6.15. The van der Waals surface area contributed by atoms with Crippen molar-refractivity contribution in [2.75, 3.05) is 0 Å². The Balaban J connectivity index is 2.11. The fourth-order valence-electron chi connectivity index (χ4n) is 2.30. The molecule has 3 heteroatoms. The molecule has 2 atom stereocenters. The van der Waals surface area contributed by atoms with Gasteiger partial charge in [-0.1, -0.05) is 49.2 Å². The highest BCUT2D eigenvalue weighted by atomic mass is 35.5. The van der Waals surface area contributed by atoms with E-state index in [1.807, 2.05) is 29.5 Å². The Morgan fingerprint density at radius 1 is 1.21 bits per heavy atom. The first kappa shape index (κ1) is 14.6. The maximum atomic E-state index is 6.27. The van der Waals surface area contributed by atoms with Gasteiger partial charge in [0.2, 0.25) is 0 Å². The molecule has 0 bridgehead atoms. The topological polar surface area (TPSA) is 12.0 Å². The molecular formula is C16H20ClNS. The Morgan fingerprint density at radius 2 is 2.00 bits per heavy atom. The average molecular weight is 294 g/mol. The van der Waals surface area contributed by atoms with Crippen LogP contribution in [0.2, 0.25) is 5.02 Å². The largest absolute Gasteiger partial charge is 0.303 e. The molecule has 0 aliphatic carbocycles. The second-order valence-electron chi connectivity index (χ2n) is 4.77. The van der Waals surface area contributed by atoms with E-state index in [0.29, 0.717) is 6.04 Å². The van der Waals surface area contributed by atoms with Gasteiger partial charge in [0.05, 0.1) is 0 Å². The van der Waals surface area contributed by atoms with Crippen LogP contribution in [-0.2, 0) is 0 Å². The molecule has 2 aromatic rings. The highest BCUT2D eigenvalue weighted by Gasteiger charge is 2.16. The molecule has 1 heterocycles. The van der Waals surface area contributed by atoms with Crippen LogP contribution >= 0.6 is 22.9 Å². The van der Waals surface area contributed by atoms with Crippen LogP contribution in [0.4, 0.5) is 0 Å². The minimum atomic E-state index is 0.257. The third-order valence-electron chi connectivity index (χ3n) is 3.29. The number of nitrogens with one attached hydrogen (secondary N) is 1. The summed E-state index contributed by atoms with van der Waals surface area (Å²) in [4.78, 5) is 1.40. The molecular weight excluding hydrogens is 274 g/mol. The SMILES string of the molecule is CCCC(NC(C)c1ccccc1Cl)c1cccs1. The van der Waals surface area contributed by atoms with Gasteiger partial charge in [-0.3, -0.25) is 0 Å². The molecule has 2 unspecified atom stereocenters. The summed E-state index contributed by atoms with van der Waals surface area (Å²) in [5.41, 5.74) is 1.17. The van der Waals surface area contributed by atoms with Crippen molar-refractivity contribution in [1.29, 1.82) is 0 Å². The lowest BCUT2D eigenvalue weighted by Crippen LogP contribution is -2.24. The van der Waals surface area contributed by atoms with Crippen molar-refractivity contribution in [3.05, 3.63) is 57.2 Å². The van der Waals surface area contributed by atoms with E-state index in [1.165, 1.54) is 16.9 Å². The molecule has 0 saturated carbocycles. The molecule has 0 spiro atoms. The van der Waals surface area contributed by atoms with Crippen molar-refractivity contribution in [2.45, 2.75) is 38.8 Å². The lowest BCUT2D eigenvalue weighted by molar-refractivity contribution is 0.445. The van der Waals surface area contributed by atoms with Crippen molar-refractivity contribution in [3.63, 3.8) is 0 Å². The summed E-state index contributed by atoms with van der Waals surface area (Å²) in [7, 11) is 0.